The highest BCUT2D eigenvalue weighted by Crippen LogP contribution is 2.16. The van der Waals surface area contributed by atoms with Crippen LogP contribution in [0.5, 0.6) is 0 Å². The third-order valence-corrected chi connectivity index (χ3v) is 4.48. The van der Waals surface area contributed by atoms with Crippen molar-refractivity contribution < 1.29 is 9.59 Å². The van der Waals surface area contributed by atoms with Gasteiger partial charge in [-0.15, -0.1) is 0 Å². The molecule has 1 atom stereocenters. The second-order valence-corrected chi connectivity index (χ2v) is 6.52. The van der Waals surface area contributed by atoms with Gasteiger partial charge in [0.05, 0.1) is 6.54 Å². The number of hydrogen-bond acceptors (Lipinski definition) is 3. The van der Waals surface area contributed by atoms with E-state index < -0.39 is 0 Å². The Bertz CT molecular complexity index is 551. The van der Waals surface area contributed by atoms with E-state index >= 15 is 0 Å². The molecule has 0 radical (unpaired) electrons. The number of nitrogens with one attached hydrogen (secondary N) is 2. The molecule has 1 aliphatic heterocycles. The monoisotopic (exact) mass is 331 g/mol. The van der Waals surface area contributed by atoms with Gasteiger partial charge < -0.3 is 15.5 Å². The minimum absolute atomic E-state index is 0.0337. The fourth-order valence-corrected chi connectivity index (χ4v) is 2.83. The molecule has 5 nitrogen and oxygen atoms in total. The van der Waals surface area contributed by atoms with Crippen molar-refractivity contribution in [3.8, 4) is 0 Å². The molecule has 2 amide bonds. The molecule has 1 aromatic rings. The van der Waals surface area contributed by atoms with Crippen LogP contribution in [0, 0.1) is 0 Å². The number of carbonyl (C=O) groups excluding carboxylic acids is 2. The van der Waals surface area contributed by atoms with Crippen molar-refractivity contribution in [3.05, 3.63) is 29.8 Å². The summed E-state index contributed by atoms with van der Waals surface area (Å²) in [6, 6.07) is 7.60. The van der Waals surface area contributed by atoms with E-state index in [2.05, 4.69) is 10.6 Å². The smallest absolute Gasteiger partial charge is 0.253 e. The number of anilines is 1. The Kier molecular flexibility index (Phi) is 7.09. The molecule has 5 heteroatoms. The lowest BCUT2D eigenvalue weighted by atomic mass is 10.1. The summed E-state index contributed by atoms with van der Waals surface area (Å²) in [7, 11) is 0. The first-order valence-corrected chi connectivity index (χ1v) is 9.02. The van der Waals surface area contributed by atoms with Crippen molar-refractivity contribution in [1.82, 2.24) is 10.2 Å². The number of rotatable bonds is 6. The van der Waals surface area contributed by atoms with Gasteiger partial charge in [0.1, 0.15) is 0 Å². The molecule has 0 saturated carbocycles. The van der Waals surface area contributed by atoms with Crippen LogP contribution in [0.25, 0.3) is 0 Å². The fraction of sp³-hybridized carbons (Fsp3) is 0.579. The molecule has 2 N–H and O–H groups in total. The number of hydrogen-bond donors (Lipinski definition) is 2. The van der Waals surface area contributed by atoms with Crippen LogP contribution in [0.4, 0.5) is 5.69 Å². The summed E-state index contributed by atoms with van der Waals surface area (Å²) in [6.07, 6.45) is 5.48. The molecule has 1 aliphatic rings. The zero-order valence-electron chi connectivity index (χ0n) is 14.8. The maximum absolute atomic E-state index is 12.6. The van der Waals surface area contributed by atoms with Crippen molar-refractivity contribution in [2.45, 2.75) is 52.0 Å². The molecule has 0 aliphatic carbocycles. The highest BCUT2D eigenvalue weighted by molar-refractivity contribution is 5.95. The molecule has 24 heavy (non-hydrogen) atoms. The summed E-state index contributed by atoms with van der Waals surface area (Å²) in [5.41, 5.74) is 1.49. The van der Waals surface area contributed by atoms with Crippen molar-refractivity contribution in [2.75, 3.05) is 25.0 Å². The van der Waals surface area contributed by atoms with Crippen LogP contribution in [0.1, 0.15) is 56.3 Å². The second kappa shape index (κ2) is 9.30. The van der Waals surface area contributed by atoms with Gasteiger partial charge in [-0.25, -0.2) is 0 Å². The number of carbonyl (C=O) groups is 2. The van der Waals surface area contributed by atoms with E-state index in [9.17, 15) is 9.59 Å². The molecule has 0 aromatic heterocycles. The molecule has 0 bridgehead atoms. The van der Waals surface area contributed by atoms with Crippen LogP contribution < -0.4 is 10.6 Å². The average Bonchev–Trinajstić information content (AvgIpc) is 2.89. The van der Waals surface area contributed by atoms with Gasteiger partial charge in [0.15, 0.2) is 0 Å². The number of benzene rings is 1. The molecule has 1 aromatic carbocycles. The molecular formula is C19H29N3O2. The largest absolute Gasteiger partial charge is 0.376 e. The highest BCUT2D eigenvalue weighted by atomic mass is 16.2. The summed E-state index contributed by atoms with van der Waals surface area (Å²) in [6.45, 7) is 5.92. The first-order valence-electron chi connectivity index (χ1n) is 9.02. The van der Waals surface area contributed by atoms with Gasteiger partial charge >= 0.3 is 0 Å². The SMILES string of the molecule is CCC(C)NC(=O)CNc1cccc(C(=O)N2CCCCCC2)c1. The summed E-state index contributed by atoms with van der Waals surface area (Å²) in [5, 5.41) is 6.02. The lowest BCUT2D eigenvalue weighted by Crippen LogP contribution is -2.36. The van der Waals surface area contributed by atoms with Gasteiger partial charge in [-0.3, -0.25) is 9.59 Å². The highest BCUT2D eigenvalue weighted by Gasteiger charge is 2.17. The van der Waals surface area contributed by atoms with E-state index in [0.29, 0.717) is 5.56 Å². The van der Waals surface area contributed by atoms with Crippen LogP contribution in [-0.2, 0) is 4.79 Å². The zero-order chi connectivity index (χ0) is 17.4. The van der Waals surface area contributed by atoms with Gasteiger partial charge in [-0.2, -0.15) is 0 Å². The van der Waals surface area contributed by atoms with Crippen LogP contribution in [0.15, 0.2) is 24.3 Å². The van der Waals surface area contributed by atoms with Gasteiger partial charge in [0.2, 0.25) is 5.91 Å². The predicted octanol–water partition coefficient (Wildman–Crippen LogP) is 3.03. The van der Waals surface area contributed by atoms with E-state index in [1.54, 1.807) is 0 Å². The molecule has 2 rings (SSSR count). The number of nitrogens with zero attached hydrogens (tertiary/aromatic N) is 1. The van der Waals surface area contributed by atoms with E-state index in [1.165, 1.54) is 12.8 Å². The van der Waals surface area contributed by atoms with E-state index in [-0.39, 0.29) is 24.4 Å². The third-order valence-electron chi connectivity index (χ3n) is 4.48. The topological polar surface area (TPSA) is 61.4 Å². The van der Waals surface area contributed by atoms with E-state index in [0.717, 1.165) is 38.0 Å². The molecule has 1 fully saturated rings. The van der Waals surface area contributed by atoms with Crippen LogP contribution >= 0.6 is 0 Å². The Balaban J connectivity index is 1.93. The summed E-state index contributed by atoms with van der Waals surface area (Å²) in [5.74, 6) is 0.0539. The second-order valence-electron chi connectivity index (χ2n) is 6.52. The first-order chi connectivity index (χ1) is 11.6. The van der Waals surface area contributed by atoms with E-state index in [1.807, 2.05) is 43.0 Å². The van der Waals surface area contributed by atoms with Crippen LogP contribution in [-0.4, -0.2) is 42.4 Å². The van der Waals surface area contributed by atoms with Crippen molar-refractivity contribution >= 4 is 17.5 Å². The molecule has 1 saturated heterocycles. The third kappa shape index (κ3) is 5.55. The Morgan fingerprint density at radius 2 is 1.88 bits per heavy atom. The maximum Gasteiger partial charge on any atom is 0.253 e. The minimum atomic E-state index is -0.0337. The minimum Gasteiger partial charge on any atom is -0.376 e. The summed E-state index contributed by atoms with van der Waals surface area (Å²) in [4.78, 5) is 26.4. The molecule has 132 valence electrons. The first kappa shape index (κ1) is 18.3. The van der Waals surface area contributed by atoms with Gasteiger partial charge in [0, 0.05) is 30.4 Å². The summed E-state index contributed by atoms with van der Waals surface area (Å²) < 4.78 is 0. The molecule has 1 heterocycles. The van der Waals surface area contributed by atoms with Crippen molar-refractivity contribution in [2.24, 2.45) is 0 Å². The molecule has 0 spiro atoms. The quantitative estimate of drug-likeness (QED) is 0.842. The number of amides is 2. The van der Waals surface area contributed by atoms with E-state index in [4.69, 9.17) is 0 Å². The normalized spacial score (nSPS) is 16.2. The Morgan fingerprint density at radius 3 is 2.54 bits per heavy atom. The van der Waals surface area contributed by atoms with Gasteiger partial charge in [0.25, 0.3) is 5.91 Å². The van der Waals surface area contributed by atoms with Gasteiger partial charge in [-0.05, 0) is 44.4 Å². The number of likely N-dealkylation sites (tertiary alicyclic amines) is 1. The summed E-state index contributed by atoms with van der Waals surface area (Å²) >= 11 is 0. The molecular weight excluding hydrogens is 302 g/mol. The maximum atomic E-state index is 12.6. The Labute approximate surface area is 144 Å². The fourth-order valence-electron chi connectivity index (χ4n) is 2.83. The Hall–Kier alpha value is -2.04. The van der Waals surface area contributed by atoms with Crippen molar-refractivity contribution in [1.29, 1.82) is 0 Å². The average molecular weight is 331 g/mol. The standard InChI is InChI=1S/C19H29N3O2/c1-3-15(2)21-18(23)14-20-17-10-8-9-16(13-17)19(24)22-11-6-4-5-7-12-22/h8-10,13,15,20H,3-7,11-12,14H2,1-2H3,(H,21,23). The Morgan fingerprint density at radius 1 is 1.17 bits per heavy atom. The predicted molar refractivity (Wildman–Crippen MR) is 97.2 cm³/mol. The zero-order valence-corrected chi connectivity index (χ0v) is 14.8. The lowest BCUT2D eigenvalue weighted by molar-refractivity contribution is -0.120. The van der Waals surface area contributed by atoms with Crippen LogP contribution in [0.2, 0.25) is 0 Å². The lowest BCUT2D eigenvalue weighted by Gasteiger charge is -2.20. The van der Waals surface area contributed by atoms with Gasteiger partial charge in [-0.1, -0.05) is 25.8 Å². The van der Waals surface area contributed by atoms with Crippen molar-refractivity contribution in [3.63, 3.8) is 0 Å². The molecule has 1 unspecified atom stereocenters. The van der Waals surface area contributed by atoms with Crippen LogP contribution in [0.3, 0.4) is 0 Å².